The van der Waals surface area contributed by atoms with Crippen molar-refractivity contribution in [2.24, 2.45) is 0 Å². The van der Waals surface area contributed by atoms with E-state index in [0.29, 0.717) is 17.1 Å². The lowest BCUT2D eigenvalue weighted by Gasteiger charge is -2.14. The minimum atomic E-state index is -1.05. The molecule has 0 atom stereocenters. The Morgan fingerprint density at radius 2 is 2.16 bits per heavy atom. The molecule has 2 heterocycles. The zero-order chi connectivity index (χ0) is 14.0. The Hall–Kier alpha value is -2.50. The topological polar surface area (TPSA) is 83.9 Å². The molecule has 0 aliphatic heterocycles. The molecule has 1 amide bonds. The average Bonchev–Trinajstić information content (AvgIpc) is 2.97. The Balaban J connectivity index is 2.11. The smallest absolute Gasteiger partial charge is 0.339 e. The second-order valence-electron chi connectivity index (χ2n) is 4.16. The normalized spacial score (nSPS) is 10.4. The average molecular weight is 263 g/mol. The van der Waals surface area contributed by atoms with Gasteiger partial charge in [-0.25, -0.2) is 4.79 Å². The quantitative estimate of drug-likeness (QED) is 0.913. The van der Waals surface area contributed by atoms with Gasteiger partial charge in [-0.15, -0.1) is 0 Å². The zero-order valence-corrected chi connectivity index (χ0v) is 10.5. The minimum Gasteiger partial charge on any atom is -0.478 e. The van der Waals surface area contributed by atoms with E-state index in [4.69, 9.17) is 13.9 Å². The van der Waals surface area contributed by atoms with Crippen LogP contribution in [0.3, 0.4) is 0 Å². The highest BCUT2D eigenvalue weighted by Crippen LogP contribution is 2.17. The standard InChI is InChI=1S/C13H13NO5/c1-8-11(13(16)17)5-10(19-8)6-14(2)12(15)9-3-4-18-7-9/h3-5,7H,6H2,1-2H3,(H,16,17). The first-order valence-corrected chi connectivity index (χ1v) is 5.59. The van der Waals surface area contributed by atoms with E-state index >= 15 is 0 Å². The number of furan rings is 2. The first-order valence-electron chi connectivity index (χ1n) is 5.59. The van der Waals surface area contributed by atoms with Crippen LogP contribution >= 0.6 is 0 Å². The van der Waals surface area contributed by atoms with E-state index < -0.39 is 5.97 Å². The number of aryl methyl sites for hydroxylation is 1. The van der Waals surface area contributed by atoms with Crippen LogP contribution in [0.25, 0.3) is 0 Å². The zero-order valence-electron chi connectivity index (χ0n) is 10.5. The fraction of sp³-hybridized carbons (Fsp3) is 0.231. The van der Waals surface area contributed by atoms with E-state index in [0.717, 1.165) is 0 Å². The number of nitrogens with zero attached hydrogens (tertiary/aromatic N) is 1. The van der Waals surface area contributed by atoms with Crippen molar-refractivity contribution in [2.75, 3.05) is 7.05 Å². The van der Waals surface area contributed by atoms with Gasteiger partial charge < -0.3 is 18.8 Å². The van der Waals surface area contributed by atoms with Gasteiger partial charge in [0.2, 0.25) is 0 Å². The van der Waals surface area contributed by atoms with Crippen molar-refractivity contribution in [3.8, 4) is 0 Å². The minimum absolute atomic E-state index is 0.110. The van der Waals surface area contributed by atoms with Crippen molar-refractivity contribution in [3.63, 3.8) is 0 Å². The molecule has 0 saturated heterocycles. The lowest BCUT2D eigenvalue weighted by Crippen LogP contribution is -2.25. The predicted molar refractivity (Wildman–Crippen MR) is 64.9 cm³/mol. The summed E-state index contributed by atoms with van der Waals surface area (Å²) in [6, 6.07) is 2.99. The summed E-state index contributed by atoms with van der Waals surface area (Å²) in [5.74, 6) is -0.517. The fourth-order valence-corrected chi connectivity index (χ4v) is 1.75. The highest BCUT2D eigenvalue weighted by atomic mass is 16.4. The van der Waals surface area contributed by atoms with Gasteiger partial charge in [-0.05, 0) is 19.1 Å². The van der Waals surface area contributed by atoms with Gasteiger partial charge in [-0.1, -0.05) is 0 Å². The Morgan fingerprint density at radius 3 is 2.68 bits per heavy atom. The summed E-state index contributed by atoms with van der Waals surface area (Å²) in [5.41, 5.74) is 0.545. The molecule has 0 fully saturated rings. The maximum absolute atomic E-state index is 11.9. The van der Waals surface area contributed by atoms with Gasteiger partial charge in [0.05, 0.1) is 18.4 Å². The summed E-state index contributed by atoms with van der Waals surface area (Å²) in [5, 5.41) is 8.92. The molecule has 2 aromatic rings. The Morgan fingerprint density at radius 1 is 1.42 bits per heavy atom. The number of carbonyl (C=O) groups is 2. The third kappa shape index (κ3) is 2.67. The molecule has 100 valence electrons. The van der Waals surface area contributed by atoms with E-state index in [1.54, 1.807) is 20.0 Å². The highest BCUT2D eigenvalue weighted by Gasteiger charge is 2.18. The number of carboxylic acids is 1. The molecule has 0 aliphatic carbocycles. The van der Waals surface area contributed by atoms with Gasteiger partial charge in [-0.3, -0.25) is 4.79 Å². The summed E-state index contributed by atoms with van der Waals surface area (Å²) in [4.78, 5) is 24.3. The monoisotopic (exact) mass is 263 g/mol. The van der Waals surface area contributed by atoms with Crippen molar-refractivity contribution in [1.82, 2.24) is 4.90 Å². The van der Waals surface area contributed by atoms with Crippen LogP contribution in [0.2, 0.25) is 0 Å². The first kappa shape index (κ1) is 12.9. The van der Waals surface area contributed by atoms with Crippen LogP contribution in [-0.4, -0.2) is 28.9 Å². The van der Waals surface area contributed by atoms with Crippen LogP contribution in [0.4, 0.5) is 0 Å². The van der Waals surface area contributed by atoms with Crippen LogP contribution in [0.15, 0.2) is 33.5 Å². The number of carboxylic acid groups (broad SMARTS) is 1. The Labute approximate surface area is 109 Å². The van der Waals surface area contributed by atoms with Crippen molar-refractivity contribution in [1.29, 1.82) is 0 Å². The van der Waals surface area contributed by atoms with Crippen molar-refractivity contribution >= 4 is 11.9 Å². The van der Waals surface area contributed by atoms with Crippen LogP contribution in [0.5, 0.6) is 0 Å². The van der Waals surface area contributed by atoms with Gasteiger partial charge in [0.1, 0.15) is 23.3 Å². The molecule has 0 unspecified atom stereocenters. The number of carbonyl (C=O) groups excluding carboxylic acids is 1. The lowest BCUT2D eigenvalue weighted by atomic mass is 10.2. The third-order valence-corrected chi connectivity index (χ3v) is 2.71. The highest BCUT2D eigenvalue weighted by molar-refractivity contribution is 5.93. The summed E-state index contributed by atoms with van der Waals surface area (Å²) in [6.07, 6.45) is 2.77. The molecule has 1 N–H and O–H groups in total. The molecule has 2 aromatic heterocycles. The van der Waals surface area contributed by atoms with Crippen molar-refractivity contribution in [2.45, 2.75) is 13.5 Å². The number of hydrogen-bond acceptors (Lipinski definition) is 4. The summed E-state index contributed by atoms with van der Waals surface area (Å²) in [6.45, 7) is 1.77. The number of amides is 1. The third-order valence-electron chi connectivity index (χ3n) is 2.71. The Bertz CT molecular complexity index is 597. The van der Waals surface area contributed by atoms with Gasteiger partial charge >= 0.3 is 5.97 Å². The van der Waals surface area contributed by atoms with E-state index in [2.05, 4.69) is 0 Å². The lowest BCUT2D eigenvalue weighted by molar-refractivity contribution is 0.0694. The maximum atomic E-state index is 11.9. The maximum Gasteiger partial charge on any atom is 0.339 e. The SMILES string of the molecule is Cc1oc(CN(C)C(=O)c2ccoc2)cc1C(=O)O. The first-order chi connectivity index (χ1) is 8.99. The summed E-state index contributed by atoms with van der Waals surface area (Å²) < 4.78 is 10.2. The van der Waals surface area contributed by atoms with Gasteiger partial charge in [0.25, 0.3) is 5.91 Å². The van der Waals surface area contributed by atoms with Crippen molar-refractivity contribution in [3.05, 3.63) is 47.3 Å². The second-order valence-corrected chi connectivity index (χ2v) is 4.16. The summed E-state index contributed by atoms with van der Waals surface area (Å²) in [7, 11) is 1.60. The number of hydrogen-bond donors (Lipinski definition) is 1. The fourth-order valence-electron chi connectivity index (χ4n) is 1.75. The molecule has 0 aromatic carbocycles. The molecule has 0 aliphatic rings. The van der Waals surface area contributed by atoms with E-state index in [1.165, 1.54) is 23.5 Å². The largest absolute Gasteiger partial charge is 0.478 e. The predicted octanol–water partition coefficient (Wildman–Crippen LogP) is 2.15. The number of aromatic carboxylic acids is 1. The van der Waals surface area contributed by atoms with Crippen LogP contribution in [0.1, 0.15) is 32.2 Å². The number of rotatable bonds is 4. The van der Waals surface area contributed by atoms with Gasteiger partial charge in [-0.2, -0.15) is 0 Å². The van der Waals surface area contributed by atoms with Gasteiger partial charge in [0, 0.05) is 7.05 Å². The molecular formula is C13H13NO5. The molecule has 0 radical (unpaired) electrons. The van der Waals surface area contributed by atoms with Gasteiger partial charge in [0.15, 0.2) is 0 Å². The Kier molecular flexibility index (Phi) is 3.41. The second kappa shape index (κ2) is 5.01. The summed E-state index contributed by atoms with van der Waals surface area (Å²) >= 11 is 0. The van der Waals surface area contributed by atoms with E-state index in [-0.39, 0.29) is 18.0 Å². The van der Waals surface area contributed by atoms with E-state index in [1.807, 2.05) is 0 Å². The molecule has 6 nitrogen and oxygen atoms in total. The molecule has 0 bridgehead atoms. The van der Waals surface area contributed by atoms with Crippen LogP contribution in [-0.2, 0) is 6.54 Å². The molecule has 6 heteroatoms. The molecule has 19 heavy (non-hydrogen) atoms. The molecule has 2 rings (SSSR count). The molecular weight excluding hydrogens is 250 g/mol. The molecule has 0 spiro atoms. The van der Waals surface area contributed by atoms with Crippen LogP contribution in [0, 0.1) is 6.92 Å². The van der Waals surface area contributed by atoms with Crippen LogP contribution < -0.4 is 0 Å². The molecule has 0 saturated carbocycles. The van der Waals surface area contributed by atoms with Crippen molar-refractivity contribution < 1.29 is 23.5 Å². The van der Waals surface area contributed by atoms with E-state index in [9.17, 15) is 9.59 Å².